The summed E-state index contributed by atoms with van der Waals surface area (Å²) in [6.07, 6.45) is 1.63. The third-order valence-electron chi connectivity index (χ3n) is 2.95. The molecule has 0 saturated carbocycles. The summed E-state index contributed by atoms with van der Waals surface area (Å²) in [6, 6.07) is 6.03. The standard InChI is InChI=1S/C14H12FN5OS2/c1-20-12(9-2-4-10(15)5-3-9)18-19-14(20)23-8-11(21)17-13-16-6-7-22-13/h2-7H,8H2,1H3,(H,16,17,21). The quantitative estimate of drug-likeness (QED) is 0.717. The molecule has 6 nitrogen and oxygen atoms in total. The summed E-state index contributed by atoms with van der Waals surface area (Å²) < 4.78 is 14.8. The minimum atomic E-state index is -0.302. The van der Waals surface area contributed by atoms with Crippen LogP contribution in [0.3, 0.4) is 0 Å². The second kappa shape index (κ2) is 6.88. The third-order valence-corrected chi connectivity index (χ3v) is 4.66. The van der Waals surface area contributed by atoms with Gasteiger partial charge in [-0.25, -0.2) is 9.37 Å². The summed E-state index contributed by atoms with van der Waals surface area (Å²) in [5.41, 5.74) is 0.764. The van der Waals surface area contributed by atoms with Crippen LogP contribution >= 0.6 is 23.1 Å². The molecule has 3 aromatic rings. The smallest absolute Gasteiger partial charge is 0.236 e. The van der Waals surface area contributed by atoms with Crippen LogP contribution in [0.1, 0.15) is 0 Å². The molecule has 23 heavy (non-hydrogen) atoms. The molecular formula is C14H12FN5OS2. The number of anilines is 1. The number of carbonyl (C=O) groups is 1. The Morgan fingerprint density at radius 1 is 1.35 bits per heavy atom. The third kappa shape index (κ3) is 3.74. The number of hydrogen-bond donors (Lipinski definition) is 1. The lowest BCUT2D eigenvalue weighted by Crippen LogP contribution is -2.14. The van der Waals surface area contributed by atoms with E-state index in [1.54, 1.807) is 35.3 Å². The Labute approximate surface area is 139 Å². The Morgan fingerprint density at radius 2 is 2.13 bits per heavy atom. The van der Waals surface area contributed by atoms with Crippen LogP contribution in [-0.2, 0) is 11.8 Å². The maximum Gasteiger partial charge on any atom is 0.236 e. The van der Waals surface area contributed by atoms with E-state index in [2.05, 4.69) is 20.5 Å². The van der Waals surface area contributed by atoms with E-state index < -0.39 is 0 Å². The van der Waals surface area contributed by atoms with Gasteiger partial charge in [0.1, 0.15) is 5.82 Å². The van der Waals surface area contributed by atoms with Crippen molar-refractivity contribution in [3.63, 3.8) is 0 Å². The molecule has 1 N–H and O–H groups in total. The van der Waals surface area contributed by atoms with E-state index in [0.29, 0.717) is 16.1 Å². The average molecular weight is 349 g/mol. The fraction of sp³-hybridized carbons (Fsp3) is 0.143. The molecule has 2 aromatic heterocycles. The van der Waals surface area contributed by atoms with Gasteiger partial charge < -0.3 is 9.88 Å². The number of benzene rings is 1. The first-order chi connectivity index (χ1) is 11.1. The van der Waals surface area contributed by atoms with Crippen molar-refractivity contribution in [1.82, 2.24) is 19.7 Å². The lowest BCUT2D eigenvalue weighted by atomic mass is 10.2. The summed E-state index contributed by atoms with van der Waals surface area (Å²) in [6.45, 7) is 0. The van der Waals surface area contributed by atoms with Gasteiger partial charge >= 0.3 is 0 Å². The Bertz CT molecular complexity index is 801. The Balaban J connectivity index is 1.65. The molecule has 1 aromatic carbocycles. The van der Waals surface area contributed by atoms with Gasteiger partial charge in [0.25, 0.3) is 0 Å². The SMILES string of the molecule is Cn1c(SCC(=O)Nc2nccs2)nnc1-c1ccc(F)cc1. The van der Waals surface area contributed by atoms with Crippen molar-refractivity contribution in [2.45, 2.75) is 5.16 Å². The van der Waals surface area contributed by atoms with Crippen LogP contribution in [0.2, 0.25) is 0 Å². The van der Waals surface area contributed by atoms with E-state index in [1.807, 2.05) is 0 Å². The molecule has 0 radical (unpaired) electrons. The first-order valence-corrected chi connectivity index (χ1v) is 8.47. The van der Waals surface area contributed by atoms with Crippen molar-refractivity contribution >= 4 is 34.1 Å². The van der Waals surface area contributed by atoms with Gasteiger partial charge in [-0.15, -0.1) is 21.5 Å². The molecule has 118 valence electrons. The second-order valence-corrected chi connectivity index (χ2v) is 6.38. The van der Waals surface area contributed by atoms with Crippen LogP contribution in [0.4, 0.5) is 9.52 Å². The lowest BCUT2D eigenvalue weighted by molar-refractivity contribution is -0.113. The van der Waals surface area contributed by atoms with Crippen LogP contribution in [-0.4, -0.2) is 31.4 Å². The van der Waals surface area contributed by atoms with Crippen molar-refractivity contribution in [2.75, 3.05) is 11.1 Å². The zero-order chi connectivity index (χ0) is 16.2. The predicted molar refractivity (Wildman–Crippen MR) is 87.9 cm³/mol. The van der Waals surface area contributed by atoms with E-state index >= 15 is 0 Å². The summed E-state index contributed by atoms with van der Waals surface area (Å²) in [5.74, 6) is 0.364. The number of thiazole rings is 1. The molecule has 1 amide bonds. The van der Waals surface area contributed by atoms with Gasteiger partial charge in [0.2, 0.25) is 5.91 Å². The molecule has 0 aliphatic rings. The molecule has 2 heterocycles. The van der Waals surface area contributed by atoms with Crippen LogP contribution < -0.4 is 5.32 Å². The number of rotatable bonds is 5. The van der Waals surface area contributed by atoms with Gasteiger partial charge in [-0.05, 0) is 24.3 Å². The number of thioether (sulfide) groups is 1. The number of hydrogen-bond acceptors (Lipinski definition) is 6. The van der Waals surface area contributed by atoms with Crippen LogP contribution in [0.15, 0.2) is 41.0 Å². The van der Waals surface area contributed by atoms with E-state index in [9.17, 15) is 9.18 Å². The monoisotopic (exact) mass is 349 g/mol. The first kappa shape index (κ1) is 15.6. The zero-order valence-corrected chi connectivity index (χ0v) is 13.7. The maximum atomic E-state index is 13.0. The Morgan fingerprint density at radius 3 is 2.83 bits per heavy atom. The van der Waals surface area contributed by atoms with Crippen molar-refractivity contribution in [2.24, 2.45) is 7.05 Å². The fourth-order valence-corrected chi connectivity index (χ4v) is 3.12. The number of carbonyl (C=O) groups excluding carboxylic acids is 1. The maximum absolute atomic E-state index is 13.0. The molecule has 0 aliphatic carbocycles. The molecule has 0 bridgehead atoms. The van der Waals surface area contributed by atoms with Gasteiger partial charge in [0, 0.05) is 24.2 Å². The number of nitrogens with one attached hydrogen (secondary N) is 1. The highest BCUT2D eigenvalue weighted by Gasteiger charge is 2.13. The molecule has 0 atom stereocenters. The molecule has 3 rings (SSSR count). The lowest BCUT2D eigenvalue weighted by Gasteiger charge is -2.04. The largest absolute Gasteiger partial charge is 0.305 e. The minimum absolute atomic E-state index is 0.156. The number of amides is 1. The van der Waals surface area contributed by atoms with Crippen molar-refractivity contribution in [3.05, 3.63) is 41.7 Å². The van der Waals surface area contributed by atoms with Crippen molar-refractivity contribution < 1.29 is 9.18 Å². The minimum Gasteiger partial charge on any atom is -0.305 e. The highest BCUT2D eigenvalue weighted by molar-refractivity contribution is 7.99. The van der Waals surface area contributed by atoms with Gasteiger partial charge in [-0.3, -0.25) is 4.79 Å². The average Bonchev–Trinajstić information content (AvgIpc) is 3.16. The molecule has 9 heteroatoms. The van der Waals surface area contributed by atoms with Gasteiger partial charge in [0.15, 0.2) is 16.1 Å². The summed E-state index contributed by atoms with van der Waals surface area (Å²) in [5, 5.41) is 13.8. The van der Waals surface area contributed by atoms with Crippen LogP contribution in [0.25, 0.3) is 11.4 Å². The van der Waals surface area contributed by atoms with E-state index in [4.69, 9.17) is 0 Å². The topological polar surface area (TPSA) is 72.7 Å². The number of halogens is 1. The van der Waals surface area contributed by atoms with E-state index in [1.165, 1.54) is 35.2 Å². The highest BCUT2D eigenvalue weighted by atomic mass is 32.2. The molecule has 0 saturated heterocycles. The Hall–Kier alpha value is -2.26. The van der Waals surface area contributed by atoms with Crippen LogP contribution in [0, 0.1) is 5.82 Å². The molecule has 0 aliphatic heterocycles. The Kier molecular flexibility index (Phi) is 4.68. The second-order valence-electron chi connectivity index (χ2n) is 4.55. The van der Waals surface area contributed by atoms with Gasteiger partial charge in [0.05, 0.1) is 5.75 Å². The molecular weight excluding hydrogens is 337 g/mol. The van der Waals surface area contributed by atoms with E-state index in [0.717, 1.165) is 5.56 Å². The van der Waals surface area contributed by atoms with Crippen LogP contribution in [0.5, 0.6) is 0 Å². The van der Waals surface area contributed by atoms with Gasteiger partial charge in [-0.1, -0.05) is 11.8 Å². The van der Waals surface area contributed by atoms with Crippen molar-refractivity contribution in [3.8, 4) is 11.4 Å². The summed E-state index contributed by atoms with van der Waals surface area (Å²) in [4.78, 5) is 15.8. The normalized spacial score (nSPS) is 10.7. The molecule has 0 spiro atoms. The first-order valence-electron chi connectivity index (χ1n) is 6.61. The van der Waals surface area contributed by atoms with Crippen molar-refractivity contribution in [1.29, 1.82) is 0 Å². The summed E-state index contributed by atoms with van der Waals surface area (Å²) in [7, 11) is 1.81. The van der Waals surface area contributed by atoms with E-state index in [-0.39, 0.29) is 17.5 Å². The fourth-order valence-electron chi connectivity index (χ4n) is 1.86. The molecule has 0 unspecified atom stereocenters. The zero-order valence-electron chi connectivity index (χ0n) is 12.1. The summed E-state index contributed by atoms with van der Waals surface area (Å²) >= 11 is 2.64. The van der Waals surface area contributed by atoms with Gasteiger partial charge in [-0.2, -0.15) is 0 Å². The number of nitrogens with zero attached hydrogens (tertiary/aromatic N) is 4. The highest BCUT2D eigenvalue weighted by Crippen LogP contribution is 2.23. The predicted octanol–water partition coefficient (Wildman–Crippen LogP) is 2.81. The molecule has 0 fully saturated rings. The number of aromatic nitrogens is 4.